The zero-order valence-electron chi connectivity index (χ0n) is 23.3. The molecule has 7 heterocycles. The Bertz CT molecular complexity index is 1960. The highest BCUT2D eigenvalue weighted by Gasteiger charge is 2.46. The van der Waals surface area contributed by atoms with Gasteiger partial charge in [0.15, 0.2) is 15.5 Å². The third-order valence-electron chi connectivity index (χ3n) is 8.90. The molecular weight excluding hydrogens is 589 g/mol. The predicted molar refractivity (Wildman–Crippen MR) is 158 cm³/mol. The summed E-state index contributed by atoms with van der Waals surface area (Å²) in [6, 6.07) is 3.77. The highest BCUT2D eigenvalue weighted by molar-refractivity contribution is 7.91. The number of aryl methyl sites for hydroxylation is 2. The molecule has 2 bridgehead atoms. The van der Waals surface area contributed by atoms with Crippen molar-refractivity contribution in [3.8, 4) is 21.8 Å². The van der Waals surface area contributed by atoms with Gasteiger partial charge in [0, 0.05) is 46.5 Å². The predicted octanol–water partition coefficient (Wildman–Crippen LogP) is 3.06. The highest BCUT2D eigenvalue weighted by Crippen LogP contribution is 2.45. The number of thiazole rings is 1. The molecule has 2 fully saturated rings. The SMILES string of the molecule is CS(=O)(=O)c1c(C2CC3CCC(C2)N3C(=O)c2nnc[nH]2)nc2c(-c3ccc(-c4nc5c(s4)CCC5)nc3)cnn2c1N. The van der Waals surface area contributed by atoms with Gasteiger partial charge >= 0.3 is 0 Å². The molecule has 1 amide bonds. The van der Waals surface area contributed by atoms with Crippen molar-refractivity contribution in [2.45, 2.75) is 67.8 Å². The topological polar surface area (TPSA) is 178 Å². The van der Waals surface area contributed by atoms with Crippen molar-refractivity contribution in [2.75, 3.05) is 12.0 Å². The van der Waals surface area contributed by atoms with Crippen LogP contribution in [0.1, 0.15) is 64.9 Å². The lowest BCUT2D eigenvalue weighted by molar-refractivity contribution is 0.0556. The minimum Gasteiger partial charge on any atom is -0.382 e. The van der Waals surface area contributed by atoms with Crippen LogP contribution in [0.25, 0.3) is 27.5 Å². The van der Waals surface area contributed by atoms with E-state index in [2.05, 4.69) is 20.3 Å². The highest BCUT2D eigenvalue weighted by atomic mass is 32.2. The second-order valence-electron chi connectivity index (χ2n) is 11.6. The van der Waals surface area contributed by atoms with E-state index in [-0.39, 0.29) is 40.4 Å². The summed E-state index contributed by atoms with van der Waals surface area (Å²) in [4.78, 5) is 33.6. The van der Waals surface area contributed by atoms with Crippen molar-refractivity contribution in [3.63, 3.8) is 0 Å². The van der Waals surface area contributed by atoms with Crippen molar-refractivity contribution in [2.24, 2.45) is 0 Å². The van der Waals surface area contributed by atoms with E-state index in [1.807, 2.05) is 17.0 Å². The van der Waals surface area contributed by atoms with Gasteiger partial charge < -0.3 is 15.6 Å². The molecule has 0 saturated carbocycles. The van der Waals surface area contributed by atoms with E-state index in [1.165, 1.54) is 21.4 Å². The van der Waals surface area contributed by atoms with Gasteiger partial charge in [-0.2, -0.15) is 9.61 Å². The number of sulfone groups is 1. The van der Waals surface area contributed by atoms with Crippen LogP contribution in [0.2, 0.25) is 0 Å². The first-order chi connectivity index (χ1) is 20.8. The normalized spacial score (nSPS) is 21.5. The van der Waals surface area contributed by atoms with E-state index in [1.54, 1.807) is 23.7 Å². The monoisotopic (exact) mass is 616 g/mol. The summed E-state index contributed by atoms with van der Waals surface area (Å²) in [6.45, 7) is 0. The number of aromatic amines is 1. The fourth-order valence-corrected chi connectivity index (χ4v) is 9.21. The Morgan fingerprint density at radius 1 is 1.12 bits per heavy atom. The van der Waals surface area contributed by atoms with Gasteiger partial charge in [-0.15, -0.1) is 21.5 Å². The second-order valence-corrected chi connectivity index (χ2v) is 14.6. The van der Waals surface area contributed by atoms with Crippen LogP contribution in [0, 0.1) is 0 Å². The fraction of sp³-hybridized carbons (Fsp3) is 0.393. The molecule has 2 aliphatic heterocycles. The molecule has 43 heavy (non-hydrogen) atoms. The number of anilines is 1. The summed E-state index contributed by atoms with van der Waals surface area (Å²) in [7, 11) is -3.75. The summed E-state index contributed by atoms with van der Waals surface area (Å²) in [6.07, 6.45) is 12.0. The third-order valence-corrected chi connectivity index (χ3v) is 11.2. The van der Waals surface area contributed by atoms with Crippen LogP contribution >= 0.6 is 11.3 Å². The molecule has 0 radical (unpaired) electrons. The Morgan fingerprint density at radius 3 is 2.60 bits per heavy atom. The minimum atomic E-state index is -3.75. The van der Waals surface area contributed by atoms with E-state index in [4.69, 9.17) is 20.7 Å². The number of aromatic nitrogens is 8. The van der Waals surface area contributed by atoms with Crippen molar-refractivity contribution < 1.29 is 13.2 Å². The largest absolute Gasteiger partial charge is 0.382 e. The number of hydrogen-bond acceptors (Lipinski definition) is 11. The first-order valence-corrected chi connectivity index (χ1v) is 17.0. The van der Waals surface area contributed by atoms with Gasteiger partial charge in [-0.1, -0.05) is 6.07 Å². The number of nitrogens with two attached hydrogens (primary N) is 1. The standard InChI is InChI=1S/C28H28N10O3S2/c1-43(40,41)23-22(15-9-16-6-7-17(10-15)37(16)28(39)25-31-13-32-36-25)35-26-18(12-33-38(26)24(23)29)14-5-8-20(30-11-14)27-34-19-3-2-4-21(19)42-27/h5,8,11-13,15-17H,2-4,6-7,9-10,29H2,1H3,(H,31,32,36). The maximum Gasteiger partial charge on any atom is 0.292 e. The smallest absolute Gasteiger partial charge is 0.292 e. The molecule has 1 aliphatic carbocycles. The maximum absolute atomic E-state index is 13.2. The Kier molecular flexibility index (Phi) is 5.92. The van der Waals surface area contributed by atoms with Crippen molar-refractivity contribution >= 4 is 38.5 Å². The van der Waals surface area contributed by atoms with Crippen molar-refractivity contribution in [1.29, 1.82) is 0 Å². The summed E-state index contributed by atoms with van der Waals surface area (Å²) < 4.78 is 27.6. The van der Waals surface area contributed by atoms with Gasteiger partial charge in [0.05, 0.1) is 23.3 Å². The zero-order chi connectivity index (χ0) is 29.5. The molecule has 5 aromatic rings. The van der Waals surface area contributed by atoms with Gasteiger partial charge in [-0.3, -0.25) is 9.78 Å². The number of carbonyl (C=O) groups excluding carboxylic acids is 1. The van der Waals surface area contributed by atoms with Crippen molar-refractivity contribution in [3.05, 3.63) is 52.9 Å². The van der Waals surface area contributed by atoms with Crippen LogP contribution in [0.5, 0.6) is 0 Å². The average molecular weight is 617 g/mol. The van der Waals surface area contributed by atoms with Gasteiger partial charge in [0.2, 0.25) is 5.82 Å². The van der Waals surface area contributed by atoms with Gasteiger partial charge in [0.1, 0.15) is 22.0 Å². The molecule has 220 valence electrons. The van der Waals surface area contributed by atoms with Crippen LogP contribution in [-0.4, -0.2) is 77.3 Å². The Hall–Kier alpha value is -4.24. The molecule has 0 spiro atoms. The number of pyridine rings is 1. The third kappa shape index (κ3) is 4.24. The van der Waals surface area contributed by atoms with E-state index in [0.29, 0.717) is 29.7 Å². The van der Waals surface area contributed by atoms with E-state index in [0.717, 1.165) is 54.6 Å². The van der Waals surface area contributed by atoms with Gasteiger partial charge in [-0.05, 0) is 51.0 Å². The minimum absolute atomic E-state index is 0.000600. The number of rotatable bonds is 5. The lowest BCUT2D eigenvalue weighted by Crippen LogP contribution is -2.46. The lowest BCUT2D eigenvalue weighted by atomic mass is 9.87. The Balaban J connectivity index is 1.17. The molecule has 13 nitrogen and oxygen atoms in total. The summed E-state index contributed by atoms with van der Waals surface area (Å²) in [5.74, 6) is -0.156. The number of fused-ring (bicyclic) bond motifs is 4. The summed E-state index contributed by atoms with van der Waals surface area (Å²) in [5, 5.41) is 13.0. The lowest BCUT2D eigenvalue weighted by Gasteiger charge is -2.38. The maximum atomic E-state index is 13.2. The summed E-state index contributed by atoms with van der Waals surface area (Å²) in [5.41, 5.74) is 10.9. The molecule has 2 saturated heterocycles. The zero-order valence-corrected chi connectivity index (χ0v) is 24.9. The number of hydrogen-bond donors (Lipinski definition) is 2. The summed E-state index contributed by atoms with van der Waals surface area (Å²) >= 11 is 1.70. The molecule has 2 unspecified atom stereocenters. The number of nitrogens with one attached hydrogen (secondary N) is 1. The van der Waals surface area contributed by atoms with E-state index >= 15 is 0 Å². The average Bonchev–Trinajstić information content (AvgIpc) is 3.81. The number of piperidine rings is 1. The second kappa shape index (κ2) is 9.64. The molecule has 3 aliphatic rings. The van der Waals surface area contributed by atoms with Gasteiger partial charge in [0.25, 0.3) is 5.91 Å². The van der Waals surface area contributed by atoms with Crippen molar-refractivity contribution in [1.82, 2.24) is 44.6 Å². The first-order valence-electron chi connectivity index (χ1n) is 14.3. The van der Waals surface area contributed by atoms with Crippen LogP contribution in [-0.2, 0) is 22.7 Å². The molecule has 8 rings (SSSR count). The van der Waals surface area contributed by atoms with Crippen LogP contribution in [0.4, 0.5) is 5.82 Å². The molecule has 5 aromatic heterocycles. The quantitative estimate of drug-likeness (QED) is 0.298. The molecule has 0 aromatic carbocycles. The van der Waals surface area contributed by atoms with E-state index in [9.17, 15) is 13.2 Å². The van der Waals surface area contributed by atoms with Crippen LogP contribution in [0.3, 0.4) is 0 Å². The fourth-order valence-electron chi connectivity index (χ4n) is 7.02. The number of nitrogens with zero attached hydrogens (tertiary/aromatic N) is 8. The van der Waals surface area contributed by atoms with Gasteiger partial charge in [-0.25, -0.2) is 18.4 Å². The Labute approximate surface area is 250 Å². The number of amides is 1. The number of carbonyl (C=O) groups is 1. The molecule has 3 N–H and O–H groups in total. The van der Waals surface area contributed by atoms with Crippen LogP contribution in [0.15, 0.2) is 35.7 Å². The molecular formula is C28H28N10O3S2. The molecule has 2 atom stereocenters. The molecule has 15 heteroatoms. The first kappa shape index (κ1) is 26.4. The Morgan fingerprint density at radius 2 is 1.93 bits per heavy atom. The number of nitrogen functional groups attached to an aromatic ring is 1. The number of H-pyrrole nitrogens is 1. The van der Waals surface area contributed by atoms with E-state index < -0.39 is 9.84 Å². The van der Waals surface area contributed by atoms with Crippen LogP contribution < -0.4 is 5.73 Å².